The van der Waals surface area contributed by atoms with E-state index in [9.17, 15) is 24.0 Å². The fourth-order valence-corrected chi connectivity index (χ4v) is 8.46. The first-order valence-electron chi connectivity index (χ1n) is 31.9. The van der Waals surface area contributed by atoms with Crippen LogP contribution < -0.4 is 0 Å². The summed E-state index contributed by atoms with van der Waals surface area (Å²) in [6.45, 7) is 38.1. The van der Waals surface area contributed by atoms with E-state index in [2.05, 4.69) is 89.2 Å². The molecule has 524 valence electrons. The molecule has 6 rings (SSSR count). The minimum absolute atomic E-state index is 0.0176. The molecule has 0 bridgehead atoms. The zero-order valence-corrected chi connectivity index (χ0v) is 59.3. The van der Waals surface area contributed by atoms with Gasteiger partial charge in [0.15, 0.2) is 28.9 Å². The number of hydrogen-bond donors (Lipinski definition) is 0. The molecule has 0 amide bonds. The summed E-state index contributed by atoms with van der Waals surface area (Å²) >= 11 is 0. The lowest BCUT2D eigenvalue weighted by molar-refractivity contribution is -0.150. The summed E-state index contributed by atoms with van der Waals surface area (Å²) < 4.78 is 55.5. The number of nitrogens with zero attached hydrogens (tertiary/aromatic N) is 18. The number of allylic oxidation sites excluding steroid dienone is 1. The summed E-state index contributed by atoms with van der Waals surface area (Å²) in [6, 6.07) is 0. The van der Waals surface area contributed by atoms with Crippen molar-refractivity contribution in [2.45, 2.75) is 204 Å². The third kappa shape index (κ3) is 25.3. The highest BCUT2D eigenvalue weighted by Crippen LogP contribution is 2.29. The van der Waals surface area contributed by atoms with E-state index in [4.69, 9.17) is 33.2 Å². The normalized spacial score (nSPS) is 13.1. The van der Waals surface area contributed by atoms with E-state index in [1.807, 2.05) is 110 Å². The van der Waals surface area contributed by atoms with Crippen LogP contribution in [0.1, 0.15) is 159 Å². The van der Waals surface area contributed by atoms with Gasteiger partial charge in [-0.05, 0) is 5.41 Å². The molecule has 0 atom stereocenters. The van der Waals surface area contributed by atoms with Crippen LogP contribution in [0.15, 0.2) is 49.3 Å². The standard InChI is InChI=1S/C65H102N18O12/c1-46(58(2,3)4)20-78-21-47(66-72-78)32-89-38-64(39-90-33-48-22-79(73-67-48)27-53(84)59(5,6)7,40-91-34-49-23-80(74-68-49)28-54(85)60(8,9)10)44-95-45-65(41-92-35-50-24-81(75-69-50)29-55(86)61(11,12)13,42-93-36-51-25-82(76-70-51)30-56(87)62(14,15)16)43-94-37-52-26-83(77-71-52)31-57(88)63(17,18)19/h21-26H,1,20,27-45H2,2-19H3. The van der Waals surface area contributed by atoms with Gasteiger partial charge in [-0.2, -0.15) is 0 Å². The molecule has 6 heterocycles. The van der Waals surface area contributed by atoms with Crippen molar-refractivity contribution in [1.29, 1.82) is 0 Å². The monoisotopic (exact) mass is 1330 g/mol. The first kappa shape index (κ1) is 76.7. The molecule has 30 nitrogen and oxygen atoms in total. The summed E-state index contributed by atoms with van der Waals surface area (Å²) in [5, 5.41) is 51.5. The Balaban J connectivity index is 1.36. The molecule has 0 saturated heterocycles. The smallest absolute Gasteiger partial charge is 0.159 e. The first-order chi connectivity index (χ1) is 44.2. The van der Waals surface area contributed by atoms with Gasteiger partial charge in [-0.3, -0.25) is 24.0 Å². The van der Waals surface area contributed by atoms with Crippen molar-refractivity contribution in [2.75, 3.05) is 52.9 Å². The summed E-state index contributed by atoms with van der Waals surface area (Å²) in [6.07, 6.45) is 10.1. The lowest BCUT2D eigenvalue weighted by Gasteiger charge is -2.36. The van der Waals surface area contributed by atoms with Crippen LogP contribution in [0.3, 0.4) is 0 Å². The van der Waals surface area contributed by atoms with Gasteiger partial charge in [0.05, 0.1) is 147 Å². The van der Waals surface area contributed by atoms with Crippen molar-refractivity contribution in [3.05, 3.63) is 83.5 Å². The fraction of sp³-hybridized carbons (Fsp3) is 0.708. The molecular formula is C65H102N18O12. The second-order valence-electron chi connectivity index (χ2n) is 31.1. The van der Waals surface area contributed by atoms with E-state index in [0.717, 1.165) is 5.57 Å². The van der Waals surface area contributed by atoms with Gasteiger partial charge in [-0.25, -0.2) is 28.1 Å². The molecule has 0 aliphatic carbocycles. The molecule has 0 N–H and O–H groups in total. The highest BCUT2D eigenvalue weighted by molar-refractivity contribution is 5.85. The van der Waals surface area contributed by atoms with Crippen molar-refractivity contribution in [3.63, 3.8) is 0 Å². The zero-order valence-electron chi connectivity index (χ0n) is 59.3. The Morgan fingerprint density at radius 2 is 0.453 bits per heavy atom. The van der Waals surface area contributed by atoms with Gasteiger partial charge in [-0.1, -0.05) is 168 Å². The van der Waals surface area contributed by atoms with Gasteiger partial charge in [0.25, 0.3) is 0 Å². The second-order valence-corrected chi connectivity index (χ2v) is 31.1. The van der Waals surface area contributed by atoms with Crippen molar-refractivity contribution < 1.29 is 57.1 Å². The van der Waals surface area contributed by atoms with Crippen molar-refractivity contribution in [3.8, 4) is 0 Å². The van der Waals surface area contributed by atoms with E-state index >= 15 is 0 Å². The SMILES string of the molecule is C=C(Cn1cc(COCC(COCc2cn(CC(=O)C(C)(C)C)nn2)(COCc2cn(CC(=O)C(C)(C)C)nn2)COCC(COCc2cn(CC(=O)C(C)(C)C)nn2)(COCc2cn(CC(=O)C(C)(C)C)nn2)COCc2cn(CC(=O)C(C)(C)C)nn2)nn1)C(C)(C)C. The molecule has 0 spiro atoms. The van der Waals surface area contributed by atoms with Crippen molar-refractivity contribution in [2.24, 2.45) is 43.3 Å². The van der Waals surface area contributed by atoms with E-state index < -0.39 is 37.9 Å². The minimum Gasteiger partial charge on any atom is -0.380 e. The number of ether oxygens (including phenoxy) is 7. The zero-order chi connectivity index (χ0) is 70.2. The number of Topliss-reactive ketones (excluding diaryl/α,β-unsaturated/α-hetero) is 5. The quantitative estimate of drug-likeness (QED) is 0.0370. The molecule has 6 aromatic heterocycles. The van der Waals surface area contributed by atoms with Gasteiger partial charge in [0, 0.05) is 27.1 Å². The van der Waals surface area contributed by atoms with Crippen molar-refractivity contribution >= 4 is 28.9 Å². The molecule has 6 aromatic rings. The highest BCUT2D eigenvalue weighted by Gasteiger charge is 2.38. The van der Waals surface area contributed by atoms with Crippen molar-refractivity contribution in [1.82, 2.24) is 90.0 Å². The van der Waals surface area contributed by atoms with Crippen LogP contribution in [0.5, 0.6) is 0 Å². The highest BCUT2D eigenvalue weighted by atomic mass is 16.5. The third-order valence-electron chi connectivity index (χ3n) is 15.4. The number of ketones is 5. The Hall–Kier alpha value is -7.35. The maximum absolute atomic E-state index is 13.0. The van der Waals surface area contributed by atoms with Gasteiger partial charge in [0.1, 0.15) is 66.9 Å². The summed E-state index contributed by atoms with van der Waals surface area (Å²) in [5.74, 6) is -0.133. The van der Waals surface area contributed by atoms with Crippen LogP contribution in [-0.4, -0.2) is 172 Å². The number of rotatable bonds is 40. The molecule has 0 fully saturated rings. The maximum Gasteiger partial charge on any atom is 0.159 e. The molecule has 0 aliphatic heterocycles. The summed E-state index contributed by atoms with van der Waals surface area (Å²) in [4.78, 5) is 65.1. The Morgan fingerprint density at radius 3 is 0.621 bits per heavy atom. The number of carbonyl (C=O) groups excluding carboxylic acids is 5. The molecule has 95 heavy (non-hydrogen) atoms. The van der Waals surface area contributed by atoms with E-state index in [0.29, 0.717) is 40.7 Å². The lowest BCUT2D eigenvalue weighted by atomic mass is 9.88. The first-order valence-corrected chi connectivity index (χ1v) is 31.9. The van der Waals surface area contributed by atoms with Crippen LogP contribution in [0.2, 0.25) is 0 Å². The van der Waals surface area contributed by atoms with Crippen LogP contribution in [0.4, 0.5) is 0 Å². The van der Waals surface area contributed by atoms with Gasteiger partial charge in [-0.15, -0.1) is 30.6 Å². The predicted molar refractivity (Wildman–Crippen MR) is 345 cm³/mol. The lowest BCUT2D eigenvalue weighted by Crippen LogP contribution is -2.45. The molecular weight excluding hydrogens is 1220 g/mol. The predicted octanol–water partition coefficient (Wildman–Crippen LogP) is 6.50. The van der Waals surface area contributed by atoms with E-state index in [1.54, 1.807) is 35.7 Å². The minimum atomic E-state index is -1.16. The Morgan fingerprint density at radius 1 is 0.284 bits per heavy atom. The second kappa shape index (κ2) is 32.6. The van der Waals surface area contributed by atoms with E-state index in [-0.39, 0.29) is 160 Å². The van der Waals surface area contributed by atoms with Crippen LogP contribution in [-0.2, 0) is 136 Å². The molecule has 0 aromatic carbocycles. The molecule has 0 aliphatic rings. The maximum atomic E-state index is 13.0. The molecule has 30 heteroatoms. The number of aromatic nitrogens is 18. The van der Waals surface area contributed by atoms with Gasteiger partial charge < -0.3 is 33.2 Å². The topological polar surface area (TPSA) is 334 Å². The average Bonchev–Trinajstić information content (AvgIpc) is 1.13. The number of carbonyl (C=O) groups is 5. The Labute approximate surface area is 557 Å². The summed E-state index contributed by atoms with van der Waals surface area (Å²) in [7, 11) is 0. The molecule has 0 radical (unpaired) electrons. The summed E-state index contributed by atoms with van der Waals surface area (Å²) in [5.41, 5.74) is -1.65. The van der Waals surface area contributed by atoms with Crippen LogP contribution >= 0.6 is 0 Å². The molecule has 0 saturated carbocycles. The van der Waals surface area contributed by atoms with Gasteiger partial charge in [0.2, 0.25) is 0 Å². The largest absolute Gasteiger partial charge is 0.380 e. The molecule has 0 unspecified atom stereocenters. The van der Waals surface area contributed by atoms with E-state index in [1.165, 1.54) is 23.4 Å². The Kier molecular flexibility index (Phi) is 26.3. The average molecular weight is 1330 g/mol. The van der Waals surface area contributed by atoms with Crippen LogP contribution in [0.25, 0.3) is 0 Å². The Bertz CT molecular complexity index is 2900. The number of hydrogen-bond acceptors (Lipinski definition) is 24. The van der Waals surface area contributed by atoms with Gasteiger partial charge >= 0.3 is 0 Å². The fourth-order valence-electron chi connectivity index (χ4n) is 8.46. The van der Waals surface area contributed by atoms with Crippen LogP contribution in [0, 0.1) is 43.3 Å². The third-order valence-corrected chi connectivity index (χ3v) is 15.4.